The number of carbonyl (C=O) groups is 1. The highest BCUT2D eigenvalue weighted by Crippen LogP contribution is 2.27. The summed E-state index contributed by atoms with van der Waals surface area (Å²) in [6.07, 6.45) is 0.705. The van der Waals surface area contributed by atoms with Crippen LogP contribution in [0.3, 0.4) is 0 Å². The molecule has 134 valence electrons. The van der Waals surface area contributed by atoms with Gasteiger partial charge >= 0.3 is 0 Å². The van der Waals surface area contributed by atoms with Gasteiger partial charge in [-0.05, 0) is 25.2 Å². The van der Waals surface area contributed by atoms with Crippen LogP contribution in [0.5, 0.6) is 0 Å². The number of carbonyl (C=O) groups excluding carboxylic acids is 1. The van der Waals surface area contributed by atoms with Gasteiger partial charge < -0.3 is 20.9 Å². The molecule has 2 heterocycles. The number of thiazole rings is 1. The highest BCUT2D eigenvalue weighted by molar-refractivity contribution is 7.09. The third-order valence-electron chi connectivity index (χ3n) is 4.46. The van der Waals surface area contributed by atoms with Gasteiger partial charge in [0.2, 0.25) is 0 Å². The first kappa shape index (κ1) is 17.8. The fourth-order valence-corrected chi connectivity index (χ4v) is 3.79. The van der Waals surface area contributed by atoms with Crippen molar-refractivity contribution >= 4 is 28.6 Å². The molecule has 3 rings (SSSR count). The summed E-state index contributed by atoms with van der Waals surface area (Å²) in [5, 5.41) is 5.72. The number of nitrogens with zero attached hydrogens (tertiary/aromatic N) is 3. The zero-order chi connectivity index (χ0) is 17.6. The second-order valence-corrected chi connectivity index (χ2v) is 7.00. The molecule has 1 aromatic carbocycles. The van der Waals surface area contributed by atoms with E-state index >= 15 is 0 Å². The third-order valence-corrected chi connectivity index (χ3v) is 5.36. The van der Waals surface area contributed by atoms with Gasteiger partial charge in [-0.25, -0.2) is 4.98 Å². The Balaban J connectivity index is 1.71. The van der Waals surface area contributed by atoms with Crippen LogP contribution in [0.2, 0.25) is 0 Å². The predicted octanol–water partition coefficient (Wildman–Crippen LogP) is 2.04. The minimum absolute atomic E-state index is 0.167. The molecule has 7 heteroatoms. The van der Waals surface area contributed by atoms with E-state index in [2.05, 4.69) is 33.1 Å². The summed E-state index contributed by atoms with van der Waals surface area (Å²) in [7, 11) is 0. The van der Waals surface area contributed by atoms with Crippen molar-refractivity contribution < 1.29 is 4.79 Å². The standard InChI is InChI=1S/C18H25N5OS/c1-2-22-9-11-23(12-10-22)16-6-4-3-5-14(16)21-18(24)15-13-25-17(20-15)7-8-19/h3-6,13H,2,7-12,19H2,1H3,(H,21,24). The Morgan fingerprint density at radius 1 is 1.28 bits per heavy atom. The van der Waals surface area contributed by atoms with E-state index < -0.39 is 0 Å². The van der Waals surface area contributed by atoms with Crippen LogP contribution in [0.15, 0.2) is 29.6 Å². The number of nitrogens with two attached hydrogens (primary N) is 1. The van der Waals surface area contributed by atoms with Gasteiger partial charge in [-0.3, -0.25) is 4.79 Å². The molecule has 25 heavy (non-hydrogen) atoms. The third kappa shape index (κ3) is 4.36. The lowest BCUT2D eigenvalue weighted by Crippen LogP contribution is -2.46. The number of amides is 1. The number of nitrogens with one attached hydrogen (secondary N) is 1. The smallest absolute Gasteiger partial charge is 0.275 e. The van der Waals surface area contributed by atoms with Gasteiger partial charge in [0.25, 0.3) is 5.91 Å². The molecular formula is C18H25N5OS. The van der Waals surface area contributed by atoms with E-state index in [0.717, 1.165) is 49.1 Å². The van der Waals surface area contributed by atoms with Gasteiger partial charge in [0.1, 0.15) is 5.69 Å². The maximum atomic E-state index is 12.5. The van der Waals surface area contributed by atoms with Crippen LogP contribution >= 0.6 is 11.3 Å². The van der Waals surface area contributed by atoms with E-state index in [1.165, 1.54) is 11.3 Å². The highest BCUT2D eigenvalue weighted by Gasteiger charge is 2.19. The number of rotatable bonds is 6. The van der Waals surface area contributed by atoms with Crippen molar-refractivity contribution in [2.24, 2.45) is 5.73 Å². The molecule has 3 N–H and O–H groups in total. The first-order valence-corrected chi connectivity index (χ1v) is 9.61. The van der Waals surface area contributed by atoms with Gasteiger partial charge in [0.15, 0.2) is 0 Å². The van der Waals surface area contributed by atoms with Crippen LogP contribution < -0.4 is 16.0 Å². The second-order valence-electron chi connectivity index (χ2n) is 6.06. The SMILES string of the molecule is CCN1CCN(c2ccccc2NC(=O)c2csc(CCN)n2)CC1. The van der Waals surface area contributed by atoms with E-state index in [1.54, 1.807) is 5.38 Å². The van der Waals surface area contributed by atoms with Crippen LogP contribution in [-0.4, -0.2) is 55.1 Å². The highest BCUT2D eigenvalue weighted by atomic mass is 32.1. The van der Waals surface area contributed by atoms with Gasteiger partial charge in [0, 0.05) is 38.0 Å². The molecule has 1 saturated heterocycles. The monoisotopic (exact) mass is 359 g/mol. The quantitative estimate of drug-likeness (QED) is 0.826. The van der Waals surface area contributed by atoms with Crippen molar-refractivity contribution in [2.75, 3.05) is 49.5 Å². The molecule has 1 aromatic heterocycles. The summed E-state index contributed by atoms with van der Waals surface area (Å²) in [6.45, 7) is 7.86. The summed E-state index contributed by atoms with van der Waals surface area (Å²) in [5.41, 5.74) is 7.92. The second kappa shape index (κ2) is 8.42. The van der Waals surface area contributed by atoms with Gasteiger partial charge in [-0.1, -0.05) is 19.1 Å². The van der Waals surface area contributed by atoms with E-state index in [0.29, 0.717) is 18.7 Å². The van der Waals surface area contributed by atoms with Crippen LogP contribution in [0.25, 0.3) is 0 Å². The zero-order valence-corrected chi connectivity index (χ0v) is 15.4. The summed E-state index contributed by atoms with van der Waals surface area (Å²) in [4.78, 5) is 21.7. The molecule has 2 aromatic rings. The molecule has 1 aliphatic rings. The number of aromatic nitrogens is 1. The Kier molecular flexibility index (Phi) is 6.01. The Hall–Kier alpha value is -1.96. The molecule has 1 amide bonds. The fourth-order valence-electron chi connectivity index (χ4n) is 3.00. The van der Waals surface area contributed by atoms with Crippen molar-refractivity contribution in [3.8, 4) is 0 Å². The molecule has 0 radical (unpaired) electrons. The molecule has 0 spiro atoms. The first-order valence-electron chi connectivity index (χ1n) is 8.73. The maximum absolute atomic E-state index is 12.5. The number of likely N-dealkylation sites (N-methyl/N-ethyl adjacent to an activating group) is 1. The predicted molar refractivity (Wildman–Crippen MR) is 104 cm³/mol. The van der Waals surface area contributed by atoms with Crippen molar-refractivity contribution in [1.82, 2.24) is 9.88 Å². The Morgan fingerprint density at radius 2 is 2.04 bits per heavy atom. The van der Waals surface area contributed by atoms with Crippen molar-refractivity contribution in [1.29, 1.82) is 0 Å². The fraction of sp³-hybridized carbons (Fsp3) is 0.444. The summed E-state index contributed by atoms with van der Waals surface area (Å²) in [6, 6.07) is 7.98. The average molecular weight is 359 g/mol. The molecule has 0 unspecified atom stereocenters. The maximum Gasteiger partial charge on any atom is 0.275 e. The van der Waals surface area contributed by atoms with Crippen molar-refractivity contribution in [2.45, 2.75) is 13.3 Å². The summed E-state index contributed by atoms with van der Waals surface area (Å²) in [5.74, 6) is -0.167. The van der Waals surface area contributed by atoms with Gasteiger partial charge in [0.05, 0.1) is 16.4 Å². The molecule has 0 saturated carbocycles. The summed E-state index contributed by atoms with van der Waals surface area (Å²) < 4.78 is 0. The van der Waals surface area contributed by atoms with Crippen LogP contribution in [0, 0.1) is 0 Å². The lowest BCUT2D eigenvalue weighted by Gasteiger charge is -2.36. The molecule has 0 atom stereocenters. The molecule has 0 aliphatic carbocycles. The van der Waals surface area contributed by atoms with Gasteiger partial charge in [-0.2, -0.15) is 0 Å². The van der Waals surface area contributed by atoms with Crippen molar-refractivity contribution in [3.63, 3.8) is 0 Å². The Labute approximate surface area is 152 Å². The zero-order valence-electron chi connectivity index (χ0n) is 14.6. The Bertz CT molecular complexity index is 709. The number of para-hydroxylation sites is 2. The number of anilines is 2. The topological polar surface area (TPSA) is 74.5 Å². The molecule has 0 bridgehead atoms. The lowest BCUT2D eigenvalue weighted by molar-refractivity contribution is 0.102. The molecule has 1 fully saturated rings. The van der Waals surface area contributed by atoms with Crippen LogP contribution in [-0.2, 0) is 6.42 Å². The largest absolute Gasteiger partial charge is 0.367 e. The number of benzene rings is 1. The number of piperazine rings is 1. The van der Waals surface area contributed by atoms with E-state index in [-0.39, 0.29) is 5.91 Å². The van der Waals surface area contributed by atoms with Crippen LogP contribution in [0.4, 0.5) is 11.4 Å². The minimum Gasteiger partial charge on any atom is -0.367 e. The minimum atomic E-state index is -0.167. The van der Waals surface area contributed by atoms with Gasteiger partial charge in [-0.15, -0.1) is 11.3 Å². The molecule has 6 nitrogen and oxygen atoms in total. The number of hydrogen-bond acceptors (Lipinski definition) is 6. The van der Waals surface area contributed by atoms with E-state index in [9.17, 15) is 4.79 Å². The van der Waals surface area contributed by atoms with Crippen molar-refractivity contribution in [3.05, 3.63) is 40.3 Å². The Morgan fingerprint density at radius 3 is 2.76 bits per heavy atom. The summed E-state index contributed by atoms with van der Waals surface area (Å²) >= 11 is 1.48. The molecule has 1 aliphatic heterocycles. The average Bonchev–Trinajstić information content (AvgIpc) is 3.11. The lowest BCUT2D eigenvalue weighted by atomic mass is 10.2. The van der Waals surface area contributed by atoms with E-state index in [1.807, 2.05) is 18.2 Å². The molecular weight excluding hydrogens is 334 g/mol. The van der Waals surface area contributed by atoms with Crippen LogP contribution in [0.1, 0.15) is 22.4 Å². The first-order chi connectivity index (χ1) is 12.2. The number of hydrogen-bond donors (Lipinski definition) is 2. The van der Waals surface area contributed by atoms with E-state index in [4.69, 9.17) is 5.73 Å². The normalized spacial score (nSPS) is 15.4.